The van der Waals surface area contributed by atoms with E-state index in [1.54, 1.807) is 0 Å². The molecule has 2 fully saturated rings. The van der Waals surface area contributed by atoms with Gasteiger partial charge in [0.1, 0.15) is 5.78 Å². The van der Waals surface area contributed by atoms with Gasteiger partial charge in [-0.1, -0.05) is 37.3 Å². The number of ketones is 1. The van der Waals surface area contributed by atoms with Crippen LogP contribution in [0.25, 0.3) is 16.3 Å². The van der Waals surface area contributed by atoms with Crippen LogP contribution in [0.15, 0.2) is 60.0 Å². The van der Waals surface area contributed by atoms with E-state index in [1.807, 2.05) is 12.4 Å². The lowest BCUT2D eigenvalue weighted by Crippen LogP contribution is -2.53. The van der Waals surface area contributed by atoms with Gasteiger partial charge in [-0.05, 0) is 60.5 Å². The molecule has 4 heteroatoms. The third-order valence-electron chi connectivity index (χ3n) is 8.95. The van der Waals surface area contributed by atoms with Gasteiger partial charge < -0.3 is 4.74 Å². The Hall–Kier alpha value is -2.59. The van der Waals surface area contributed by atoms with Crippen molar-refractivity contribution < 1.29 is 9.53 Å². The summed E-state index contributed by atoms with van der Waals surface area (Å²) in [6.45, 7) is 2.42. The van der Waals surface area contributed by atoms with E-state index in [-0.39, 0.29) is 16.6 Å². The normalized spacial score (nSPS) is 38.2. The maximum Gasteiger partial charge on any atom is 0.136 e. The molecule has 1 saturated heterocycles. The second-order valence-electron chi connectivity index (χ2n) is 10.4. The maximum atomic E-state index is 12.4. The van der Waals surface area contributed by atoms with Crippen LogP contribution in [0.4, 0.5) is 0 Å². The highest BCUT2D eigenvalue weighted by Gasteiger charge is 2.65. The molecule has 1 unspecified atom stereocenters. The lowest BCUT2D eigenvalue weighted by Gasteiger charge is -2.53. The summed E-state index contributed by atoms with van der Waals surface area (Å²) in [5.41, 5.74) is 4.94. The van der Waals surface area contributed by atoms with E-state index in [1.165, 1.54) is 22.3 Å². The fourth-order valence-electron chi connectivity index (χ4n) is 7.41. The summed E-state index contributed by atoms with van der Waals surface area (Å²) < 4.78 is 7.08. The Morgan fingerprint density at radius 2 is 1.94 bits per heavy atom. The number of Topliss-reactive ketones (excluding diaryl/α,β-unsaturated/α-hetero) is 1. The summed E-state index contributed by atoms with van der Waals surface area (Å²) in [6.07, 6.45) is 17.2. The van der Waals surface area contributed by atoms with Crippen LogP contribution in [0.2, 0.25) is 0 Å². The standard InChI is InChI=1S/C27H26N2O2/c1-25-9-8-21-13-20-4-5-22(30)14-26(20)10-11-27(21,31-26)24(25)7-6-23(25)17-2-3-18-15-28-29-16-19(18)12-17/h2-3,6,8,12-13,15-16,24H,4-5,7,9-11,14H2,1H3/t24-,25-,26-,27?/m1/s1. The van der Waals surface area contributed by atoms with Gasteiger partial charge in [0.25, 0.3) is 0 Å². The molecule has 3 heterocycles. The molecule has 7 rings (SSSR count). The van der Waals surface area contributed by atoms with Crippen LogP contribution >= 0.6 is 0 Å². The van der Waals surface area contributed by atoms with Crippen molar-refractivity contribution in [2.45, 2.75) is 63.1 Å². The second-order valence-corrected chi connectivity index (χ2v) is 10.4. The van der Waals surface area contributed by atoms with Crippen LogP contribution in [0.5, 0.6) is 0 Å². The summed E-state index contributed by atoms with van der Waals surface area (Å²) in [6, 6.07) is 6.65. The average Bonchev–Trinajstić information content (AvgIpc) is 3.28. The minimum Gasteiger partial charge on any atom is -0.359 e. The van der Waals surface area contributed by atoms with E-state index >= 15 is 0 Å². The molecule has 5 aliphatic rings. The predicted octanol–water partition coefficient (Wildman–Crippen LogP) is 5.35. The zero-order valence-corrected chi connectivity index (χ0v) is 17.9. The van der Waals surface area contributed by atoms with Gasteiger partial charge in [-0.15, -0.1) is 0 Å². The van der Waals surface area contributed by atoms with Crippen molar-refractivity contribution in [3.05, 3.63) is 65.5 Å². The highest BCUT2D eigenvalue weighted by Crippen LogP contribution is 2.67. The van der Waals surface area contributed by atoms with Gasteiger partial charge in [-0.25, -0.2) is 0 Å². The van der Waals surface area contributed by atoms with E-state index < -0.39 is 0 Å². The quantitative estimate of drug-likeness (QED) is 0.636. The van der Waals surface area contributed by atoms with E-state index in [0.717, 1.165) is 42.9 Å². The van der Waals surface area contributed by atoms with Crippen LogP contribution in [0.1, 0.15) is 57.4 Å². The summed E-state index contributed by atoms with van der Waals surface area (Å²) in [5.74, 6) is 0.778. The van der Waals surface area contributed by atoms with Gasteiger partial charge in [0.15, 0.2) is 0 Å². The summed E-state index contributed by atoms with van der Waals surface area (Å²) in [4.78, 5) is 12.4. The van der Waals surface area contributed by atoms with Crippen molar-refractivity contribution >= 4 is 22.1 Å². The van der Waals surface area contributed by atoms with Crippen molar-refractivity contribution in [1.29, 1.82) is 0 Å². The van der Waals surface area contributed by atoms with E-state index in [4.69, 9.17) is 4.74 Å². The number of carbonyl (C=O) groups excluding carboxylic acids is 1. The number of rotatable bonds is 1. The van der Waals surface area contributed by atoms with E-state index in [9.17, 15) is 4.79 Å². The number of fused-ring (bicyclic) bond motifs is 2. The molecule has 2 spiro atoms. The summed E-state index contributed by atoms with van der Waals surface area (Å²) in [5, 5.41) is 10.3. The van der Waals surface area contributed by atoms with Crippen molar-refractivity contribution in [2.24, 2.45) is 11.3 Å². The van der Waals surface area contributed by atoms with Gasteiger partial charge in [-0.2, -0.15) is 10.2 Å². The van der Waals surface area contributed by atoms with Gasteiger partial charge in [0, 0.05) is 34.9 Å². The number of benzene rings is 1. The minimum atomic E-state index is -0.324. The Morgan fingerprint density at radius 1 is 1.06 bits per heavy atom. The Labute approximate surface area is 182 Å². The summed E-state index contributed by atoms with van der Waals surface area (Å²) >= 11 is 0. The number of aromatic nitrogens is 2. The third-order valence-corrected chi connectivity index (χ3v) is 8.95. The van der Waals surface area contributed by atoms with Crippen molar-refractivity contribution in [1.82, 2.24) is 10.2 Å². The molecule has 4 atom stereocenters. The molecule has 31 heavy (non-hydrogen) atoms. The fraction of sp³-hybridized carbons (Fsp3) is 0.444. The molecule has 0 N–H and O–H groups in total. The second kappa shape index (κ2) is 5.80. The number of hydrogen-bond donors (Lipinski definition) is 0. The molecule has 1 aromatic carbocycles. The molecule has 2 aliphatic heterocycles. The number of hydrogen-bond acceptors (Lipinski definition) is 4. The number of allylic oxidation sites excluding steroid dienone is 3. The van der Waals surface area contributed by atoms with Gasteiger partial charge in [0.05, 0.1) is 23.6 Å². The Kier molecular flexibility index (Phi) is 3.37. The molecule has 2 aromatic rings. The third kappa shape index (κ3) is 2.21. The zero-order chi connectivity index (χ0) is 20.8. The monoisotopic (exact) mass is 410 g/mol. The lowest BCUT2D eigenvalue weighted by atomic mass is 9.58. The van der Waals surface area contributed by atoms with E-state index in [2.05, 4.69) is 53.5 Å². The van der Waals surface area contributed by atoms with E-state index in [0.29, 0.717) is 24.5 Å². The minimum absolute atomic E-state index is 0.0349. The molecule has 2 bridgehead atoms. The molecule has 0 amide bonds. The van der Waals surface area contributed by atoms with Crippen molar-refractivity contribution in [3.8, 4) is 0 Å². The van der Waals surface area contributed by atoms with Crippen LogP contribution in [0.3, 0.4) is 0 Å². The summed E-state index contributed by atoms with van der Waals surface area (Å²) in [7, 11) is 0. The van der Waals surface area contributed by atoms with Gasteiger partial charge >= 0.3 is 0 Å². The number of nitrogens with zero attached hydrogens (tertiary/aromatic N) is 2. The van der Waals surface area contributed by atoms with Crippen LogP contribution in [-0.2, 0) is 9.53 Å². The Balaban J connectivity index is 1.32. The van der Waals surface area contributed by atoms with Gasteiger partial charge in [0.2, 0.25) is 0 Å². The number of ether oxygens (including phenoxy) is 1. The fourth-order valence-corrected chi connectivity index (χ4v) is 7.41. The molecule has 3 aliphatic carbocycles. The van der Waals surface area contributed by atoms with Crippen LogP contribution in [-0.4, -0.2) is 27.2 Å². The first-order valence-electron chi connectivity index (χ1n) is 11.6. The highest BCUT2D eigenvalue weighted by molar-refractivity contribution is 5.87. The zero-order valence-electron chi connectivity index (χ0n) is 17.9. The average molecular weight is 411 g/mol. The maximum absolute atomic E-state index is 12.4. The SMILES string of the molecule is C[C@]12CC=C3C=C4CCC(=O)C[C@]45CCC3(O5)[C@@H]1CC=C2c1ccc2cnncc2c1. The highest BCUT2D eigenvalue weighted by atomic mass is 16.5. The molecule has 1 aromatic heterocycles. The van der Waals surface area contributed by atoms with Gasteiger partial charge in [-0.3, -0.25) is 4.79 Å². The molecule has 4 nitrogen and oxygen atoms in total. The number of carbonyl (C=O) groups is 1. The Morgan fingerprint density at radius 3 is 2.84 bits per heavy atom. The smallest absolute Gasteiger partial charge is 0.136 e. The Bertz CT molecular complexity index is 1260. The molecule has 0 radical (unpaired) electrons. The predicted molar refractivity (Wildman–Crippen MR) is 119 cm³/mol. The van der Waals surface area contributed by atoms with Crippen LogP contribution in [0, 0.1) is 11.3 Å². The molecular weight excluding hydrogens is 384 g/mol. The molecule has 1 saturated carbocycles. The first-order valence-corrected chi connectivity index (χ1v) is 11.6. The first kappa shape index (κ1) is 18.0. The molecule has 156 valence electrons. The topological polar surface area (TPSA) is 52.1 Å². The van der Waals surface area contributed by atoms with Crippen molar-refractivity contribution in [2.75, 3.05) is 0 Å². The van der Waals surface area contributed by atoms with Crippen molar-refractivity contribution in [3.63, 3.8) is 0 Å². The lowest BCUT2D eigenvalue weighted by molar-refractivity contribution is -0.143. The molecular formula is C27H26N2O2. The largest absolute Gasteiger partial charge is 0.359 e. The van der Waals surface area contributed by atoms with Crippen LogP contribution < -0.4 is 0 Å². The first-order chi connectivity index (χ1) is 15.0.